The number of pyridine rings is 1. The average Bonchev–Trinajstić information content (AvgIpc) is 2.27. The zero-order valence-corrected chi connectivity index (χ0v) is 12.6. The molecule has 1 aromatic heterocycles. The second-order valence-corrected chi connectivity index (χ2v) is 6.41. The van der Waals surface area contributed by atoms with Gasteiger partial charge in [-0.05, 0) is 53.1 Å². The standard InChI is InChI=1S/C13H18BrClN2/c1-8-3-4-11(9(2)5-8)17-12-6-10(14)7-16-13(12)15/h6-9,11,17H,3-5H2,1-2H3. The highest BCUT2D eigenvalue weighted by Gasteiger charge is 2.25. The molecule has 3 unspecified atom stereocenters. The lowest BCUT2D eigenvalue weighted by molar-refractivity contribution is 0.276. The minimum absolute atomic E-state index is 0.514. The van der Waals surface area contributed by atoms with E-state index in [2.05, 4.69) is 40.1 Å². The van der Waals surface area contributed by atoms with E-state index in [4.69, 9.17) is 11.6 Å². The number of aromatic nitrogens is 1. The van der Waals surface area contributed by atoms with Gasteiger partial charge in [-0.2, -0.15) is 0 Å². The summed E-state index contributed by atoms with van der Waals surface area (Å²) in [5, 5.41) is 4.09. The number of nitrogens with zero attached hydrogens (tertiary/aromatic N) is 1. The van der Waals surface area contributed by atoms with Crippen molar-refractivity contribution in [2.24, 2.45) is 11.8 Å². The summed E-state index contributed by atoms with van der Waals surface area (Å²) in [6.45, 7) is 4.65. The molecule has 0 amide bonds. The van der Waals surface area contributed by atoms with Crippen LogP contribution in [0.4, 0.5) is 5.69 Å². The summed E-state index contributed by atoms with van der Waals surface area (Å²) >= 11 is 9.52. The van der Waals surface area contributed by atoms with Crippen molar-refractivity contribution < 1.29 is 0 Å². The SMILES string of the molecule is CC1CCC(Nc2cc(Br)cnc2Cl)C(C)C1. The molecule has 94 valence electrons. The number of hydrogen-bond acceptors (Lipinski definition) is 2. The molecule has 1 saturated carbocycles. The van der Waals surface area contributed by atoms with Crippen LogP contribution in [0.25, 0.3) is 0 Å². The summed E-state index contributed by atoms with van der Waals surface area (Å²) in [5.41, 5.74) is 0.937. The van der Waals surface area contributed by atoms with E-state index in [0.29, 0.717) is 17.1 Å². The van der Waals surface area contributed by atoms with Crippen molar-refractivity contribution in [3.63, 3.8) is 0 Å². The van der Waals surface area contributed by atoms with Gasteiger partial charge in [-0.15, -0.1) is 0 Å². The summed E-state index contributed by atoms with van der Waals surface area (Å²) in [5.74, 6) is 1.54. The molecule has 1 aliphatic carbocycles. The van der Waals surface area contributed by atoms with Gasteiger partial charge in [0.2, 0.25) is 0 Å². The summed E-state index contributed by atoms with van der Waals surface area (Å²) in [6, 6.07) is 2.51. The quantitative estimate of drug-likeness (QED) is 0.797. The third kappa shape index (κ3) is 3.35. The van der Waals surface area contributed by atoms with Crippen LogP contribution in [0.15, 0.2) is 16.7 Å². The Morgan fingerprint density at radius 1 is 1.41 bits per heavy atom. The molecule has 1 N–H and O–H groups in total. The van der Waals surface area contributed by atoms with E-state index in [1.807, 2.05) is 6.07 Å². The highest BCUT2D eigenvalue weighted by molar-refractivity contribution is 9.10. The topological polar surface area (TPSA) is 24.9 Å². The number of rotatable bonds is 2. The second kappa shape index (κ2) is 5.57. The van der Waals surface area contributed by atoms with Crippen molar-refractivity contribution >= 4 is 33.2 Å². The smallest absolute Gasteiger partial charge is 0.152 e. The monoisotopic (exact) mass is 316 g/mol. The Morgan fingerprint density at radius 2 is 2.18 bits per heavy atom. The van der Waals surface area contributed by atoms with E-state index < -0.39 is 0 Å². The van der Waals surface area contributed by atoms with Crippen LogP contribution < -0.4 is 5.32 Å². The van der Waals surface area contributed by atoms with Gasteiger partial charge in [0.05, 0.1) is 5.69 Å². The first-order chi connectivity index (χ1) is 8.06. The first-order valence-electron chi connectivity index (χ1n) is 6.14. The molecule has 2 rings (SSSR count). The first kappa shape index (κ1) is 13.2. The summed E-state index contributed by atoms with van der Waals surface area (Å²) in [4.78, 5) is 4.14. The molecule has 3 atom stereocenters. The Labute approximate surface area is 116 Å². The van der Waals surface area contributed by atoms with Gasteiger partial charge >= 0.3 is 0 Å². The van der Waals surface area contributed by atoms with Crippen molar-refractivity contribution in [2.75, 3.05) is 5.32 Å². The van der Waals surface area contributed by atoms with Gasteiger partial charge in [-0.25, -0.2) is 4.98 Å². The molecular weight excluding hydrogens is 300 g/mol. The lowest BCUT2D eigenvalue weighted by Gasteiger charge is -2.33. The number of nitrogens with one attached hydrogen (secondary N) is 1. The van der Waals surface area contributed by atoms with Crippen LogP contribution in [0, 0.1) is 11.8 Å². The fourth-order valence-electron chi connectivity index (χ4n) is 2.60. The molecule has 0 saturated heterocycles. The van der Waals surface area contributed by atoms with Crippen LogP contribution in [0.5, 0.6) is 0 Å². The van der Waals surface area contributed by atoms with E-state index in [1.165, 1.54) is 19.3 Å². The van der Waals surface area contributed by atoms with E-state index in [9.17, 15) is 0 Å². The van der Waals surface area contributed by atoms with Gasteiger partial charge in [0.15, 0.2) is 5.15 Å². The molecule has 0 aromatic carbocycles. The minimum atomic E-state index is 0.514. The predicted molar refractivity (Wildman–Crippen MR) is 76.5 cm³/mol. The molecule has 0 spiro atoms. The molecule has 0 aliphatic heterocycles. The highest BCUT2D eigenvalue weighted by Crippen LogP contribution is 2.32. The van der Waals surface area contributed by atoms with E-state index in [1.54, 1.807) is 6.20 Å². The lowest BCUT2D eigenvalue weighted by atomic mass is 9.80. The second-order valence-electron chi connectivity index (χ2n) is 5.14. The van der Waals surface area contributed by atoms with Gasteiger partial charge in [0, 0.05) is 16.7 Å². The average molecular weight is 318 g/mol. The van der Waals surface area contributed by atoms with E-state index in [0.717, 1.165) is 16.1 Å². The van der Waals surface area contributed by atoms with Gasteiger partial charge in [0.1, 0.15) is 0 Å². The molecule has 2 nitrogen and oxygen atoms in total. The zero-order chi connectivity index (χ0) is 12.4. The first-order valence-corrected chi connectivity index (χ1v) is 7.31. The number of halogens is 2. The van der Waals surface area contributed by atoms with Crippen molar-refractivity contribution in [2.45, 2.75) is 39.2 Å². The lowest BCUT2D eigenvalue weighted by Crippen LogP contribution is -2.33. The van der Waals surface area contributed by atoms with Gasteiger partial charge in [-0.3, -0.25) is 0 Å². The van der Waals surface area contributed by atoms with Crippen LogP contribution in [0.1, 0.15) is 33.1 Å². The molecule has 1 heterocycles. The van der Waals surface area contributed by atoms with Gasteiger partial charge in [-0.1, -0.05) is 25.4 Å². The Hall–Kier alpha value is -0.280. The molecular formula is C13H18BrClN2. The Morgan fingerprint density at radius 3 is 2.88 bits per heavy atom. The number of hydrogen-bond donors (Lipinski definition) is 1. The van der Waals surface area contributed by atoms with Crippen molar-refractivity contribution in [3.05, 3.63) is 21.9 Å². The Kier molecular flexibility index (Phi) is 4.31. The van der Waals surface area contributed by atoms with Gasteiger partial charge in [0.25, 0.3) is 0 Å². The fraction of sp³-hybridized carbons (Fsp3) is 0.615. The molecule has 1 fully saturated rings. The van der Waals surface area contributed by atoms with Crippen molar-refractivity contribution in [1.29, 1.82) is 0 Å². The molecule has 4 heteroatoms. The number of anilines is 1. The van der Waals surface area contributed by atoms with Crippen LogP contribution >= 0.6 is 27.5 Å². The summed E-state index contributed by atoms with van der Waals surface area (Å²) in [6.07, 6.45) is 5.52. The van der Waals surface area contributed by atoms with Crippen LogP contribution in [0.2, 0.25) is 5.15 Å². The Bertz CT molecular complexity index is 397. The van der Waals surface area contributed by atoms with E-state index in [-0.39, 0.29) is 0 Å². The summed E-state index contributed by atoms with van der Waals surface area (Å²) < 4.78 is 0.959. The summed E-state index contributed by atoms with van der Waals surface area (Å²) in [7, 11) is 0. The molecule has 17 heavy (non-hydrogen) atoms. The Balaban J connectivity index is 2.07. The van der Waals surface area contributed by atoms with Crippen molar-refractivity contribution in [1.82, 2.24) is 4.98 Å². The maximum Gasteiger partial charge on any atom is 0.152 e. The molecule has 1 aromatic rings. The van der Waals surface area contributed by atoms with Crippen LogP contribution in [0.3, 0.4) is 0 Å². The van der Waals surface area contributed by atoms with E-state index >= 15 is 0 Å². The van der Waals surface area contributed by atoms with Crippen LogP contribution in [-0.2, 0) is 0 Å². The van der Waals surface area contributed by atoms with Gasteiger partial charge < -0.3 is 5.32 Å². The third-order valence-corrected chi connectivity index (χ3v) is 4.31. The zero-order valence-electron chi connectivity index (χ0n) is 10.2. The highest BCUT2D eigenvalue weighted by atomic mass is 79.9. The minimum Gasteiger partial charge on any atom is -0.380 e. The van der Waals surface area contributed by atoms with Crippen molar-refractivity contribution in [3.8, 4) is 0 Å². The maximum atomic E-state index is 6.10. The molecule has 0 bridgehead atoms. The third-order valence-electron chi connectivity index (χ3n) is 3.58. The fourth-order valence-corrected chi connectivity index (χ4v) is 3.09. The normalized spacial score (nSPS) is 29.1. The maximum absolute atomic E-state index is 6.10. The largest absolute Gasteiger partial charge is 0.380 e. The molecule has 0 radical (unpaired) electrons. The predicted octanol–water partition coefficient (Wildman–Crippen LogP) is 4.73. The molecule has 1 aliphatic rings. The van der Waals surface area contributed by atoms with Crippen LogP contribution in [-0.4, -0.2) is 11.0 Å².